The molecule has 0 unspecified atom stereocenters. The number of anilines is 1. The number of halogens is 3. The van der Waals surface area contributed by atoms with E-state index in [1.165, 1.54) is 16.7 Å². The second-order valence-electron chi connectivity index (χ2n) is 15.1. The summed E-state index contributed by atoms with van der Waals surface area (Å²) in [5.41, 5.74) is 2.50. The van der Waals surface area contributed by atoms with Crippen molar-refractivity contribution >= 4 is 41.1 Å². The lowest BCUT2D eigenvalue weighted by atomic mass is 9.86. The molecule has 6 rings (SSSR count). The second kappa shape index (κ2) is 19.1. The standard InChI is InChI=1S/C43H51F3N4O5S/c1-55-37-18-9-8-17-36(37)49-24-11-10-16-34(41(49)53)47-39(51)31(26-29-12-4-2-5-13-29)19-20-32(27-30-14-6-3-7-15-30)40(52)48-35-23-25-56-38-22-21-33(43(44,45)46)28-50(38)42(35)54/h2-9,12-15,17-18,31-35,38H,10-11,16,19-28H2,1H3,(H,47,51)(H,48,52)/t31-,32-,33+,34+,35+,38+/m1/s1. The van der Waals surface area contributed by atoms with E-state index in [0.717, 1.165) is 24.0 Å². The van der Waals surface area contributed by atoms with Crippen LogP contribution < -0.4 is 20.3 Å². The topological polar surface area (TPSA) is 108 Å². The smallest absolute Gasteiger partial charge is 0.393 e. The molecule has 3 heterocycles. The average molecular weight is 793 g/mol. The van der Waals surface area contributed by atoms with Crippen LogP contribution >= 0.6 is 11.8 Å². The third kappa shape index (κ3) is 10.5. The lowest BCUT2D eigenvalue weighted by Gasteiger charge is -2.39. The van der Waals surface area contributed by atoms with E-state index < -0.39 is 48.5 Å². The molecule has 9 nitrogen and oxygen atoms in total. The maximum atomic E-state index is 14.3. The summed E-state index contributed by atoms with van der Waals surface area (Å²) in [6.45, 7) is 0.0923. The van der Waals surface area contributed by atoms with E-state index in [4.69, 9.17) is 4.74 Å². The zero-order valence-corrected chi connectivity index (χ0v) is 32.5. The number of rotatable bonds is 13. The summed E-state index contributed by atoms with van der Waals surface area (Å²) in [5, 5.41) is 5.68. The van der Waals surface area contributed by atoms with Crippen molar-refractivity contribution in [2.75, 3.05) is 30.9 Å². The maximum Gasteiger partial charge on any atom is 0.393 e. The molecule has 4 amide bonds. The quantitative estimate of drug-likeness (QED) is 0.194. The van der Waals surface area contributed by atoms with Gasteiger partial charge in [0, 0.05) is 24.9 Å². The van der Waals surface area contributed by atoms with Crippen molar-refractivity contribution in [3.8, 4) is 5.75 Å². The molecule has 3 aromatic carbocycles. The van der Waals surface area contributed by atoms with Gasteiger partial charge in [-0.15, -0.1) is 11.8 Å². The fraction of sp³-hybridized carbons (Fsp3) is 0.488. The summed E-state index contributed by atoms with van der Waals surface area (Å²) in [6, 6.07) is 24.7. The highest BCUT2D eigenvalue weighted by Gasteiger charge is 2.47. The van der Waals surface area contributed by atoms with Crippen LogP contribution in [0.3, 0.4) is 0 Å². The minimum absolute atomic E-state index is 0.0201. The highest BCUT2D eigenvalue weighted by molar-refractivity contribution is 7.99. The number of carbonyl (C=O) groups is 4. The number of nitrogens with one attached hydrogen (secondary N) is 2. The number of piperidine rings is 1. The van der Waals surface area contributed by atoms with E-state index in [1.807, 2.05) is 78.9 Å². The number of alkyl halides is 3. The van der Waals surface area contributed by atoms with Crippen LogP contribution in [-0.4, -0.2) is 78.1 Å². The number of hydrogen-bond acceptors (Lipinski definition) is 6. The molecule has 2 N–H and O–H groups in total. The fourth-order valence-corrected chi connectivity index (χ4v) is 9.41. The molecule has 0 aromatic heterocycles. The van der Waals surface area contributed by atoms with E-state index >= 15 is 0 Å². The van der Waals surface area contributed by atoms with E-state index in [2.05, 4.69) is 10.6 Å². The summed E-state index contributed by atoms with van der Waals surface area (Å²) >= 11 is 1.47. The van der Waals surface area contributed by atoms with Crippen LogP contribution in [0.5, 0.6) is 5.75 Å². The predicted molar refractivity (Wildman–Crippen MR) is 211 cm³/mol. The van der Waals surface area contributed by atoms with Gasteiger partial charge < -0.3 is 25.2 Å². The number of hydrogen-bond donors (Lipinski definition) is 2. The molecule has 13 heteroatoms. The summed E-state index contributed by atoms with van der Waals surface area (Å²) in [7, 11) is 1.56. The van der Waals surface area contributed by atoms with Crippen molar-refractivity contribution in [3.63, 3.8) is 0 Å². The van der Waals surface area contributed by atoms with Crippen molar-refractivity contribution in [1.29, 1.82) is 0 Å². The molecule has 3 aliphatic heterocycles. The van der Waals surface area contributed by atoms with Crippen LogP contribution in [0, 0.1) is 17.8 Å². The Morgan fingerprint density at radius 2 is 1.34 bits per heavy atom. The van der Waals surface area contributed by atoms with Gasteiger partial charge in [0.1, 0.15) is 17.8 Å². The van der Waals surface area contributed by atoms with Gasteiger partial charge in [-0.1, -0.05) is 72.8 Å². The summed E-state index contributed by atoms with van der Waals surface area (Å²) in [5.74, 6) is -3.02. The van der Waals surface area contributed by atoms with Crippen LogP contribution in [0.15, 0.2) is 84.9 Å². The molecular formula is C43H51F3N4O5S. The van der Waals surface area contributed by atoms with E-state index in [0.29, 0.717) is 62.3 Å². The number of para-hydroxylation sites is 2. The highest BCUT2D eigenvalue weighted by atomic mass is 32.2. The third-order valence-electron chi connectivity index (χ3n) is 11.2. The lowest BCUT2D eigenvalue weighted by molar-refractivity contribution is -0.189. The molecule has 3 aliphatic rings. The Balaban J connectivity index is 1.19. The number of ether oxygens (including phenoxy) is 1. The largest absolute Gasteiger partial charge is 0.495 e. The first kappa shape index (κ1) is 41.1. The molecule has 0 bridgehead atoms. The zero-order valence-electron chi connectivity index (χ0n) is 31.7. The summed E-state index contributed by atoms with van der Waals surface area (Å²) < 4.78 is 46.7. The van der Waals surface area contributed by atoms with E-state index in [-0.39, 0.29) is 35.9 Å². The van der Waals surface area contributed by atoms with Crippen molar-refractivity contribution in [2.24, 2.45) is 17.8 Å². The Hall–Kier alpha value is -4.52. The van der Waals surface area contributed by atoms with Crippen molar-refractivity contribution in [3.05, 3.63) is 96.1 Å². The lowest BCUT2D eigenvalue weighted by Crippen LogP contribution is -2.55. The Labute approximate surface area is 331 Å². The Morgan fingerprint density at radius 3 is 1.93 bits per heavy atom. The maximum absolute atomic E-state index is 14.3. The molecule has 0 saturated carbocycles. The monoisotopic (exact) mass is 792 g/mol. The van der Waals surface area contributed by atoms with Crippen LogP contribution in [0.4, 0.5) is 18.9 Å². The van der Waals surface area contributed by atoms with Gasteiger partial charge in [0.05, 0.1) is 24.1 Å². The van der Waals surface area contributed by atoms with Crippen molar-refractivity contribution < 1.29 is 37.1 Å². The van der Waals surface area contributed by atoms with Gasteiger partial charge in [0.25, 0.3) is 0 Å². The normalized spacial score (nSPS) is 22.9. The molecule has 0 aliphatic carbocycles. The van der Waals surface area contributed by atoms with Gasteiger partial charge in [-0.2, -0.15) is 13.2 Å². The molecule has 0 spiro atoms. The zero-order chi connectivity index (χ0) is 39.7. The molecule has 300 valence electrons. The fourth-order valence-electron chi connectivity index (χ4n) is 8.09. The summed E-state index contributed by atoms with van der Waals surface area (Å²) in [6.07, 6.45) is -0.488. The Kier molecular flexibility index (Phi) is 14.0. The number of benzene rings is 3. The molecule has 3 aromatic rings. The van der Waals surface area contributed by atoms with Crippen LogP contribution in [0.2, 0.25) is 0 Å². The van der Waals surface area contributed by atoms with Crippen LogP contribution in [0.1, 0.15) is 62.5 Å². The number of nitrogens with zero attached hydrogens (tertiary/aromatic N) is 2. The Morgan fingerprint density at radius 1 is 0.768 bits per heavy atom. The first-order valence-corrected chi connectivity index (χ1v) is 20.7. The minimum atomic E-state index is -4.40. The van der Waals surface area contributed by atoms with E-state index in [1.54, 1.807) is 18.1 Å². The van der Waals surface area contributed by atoms with E-state index in [9.17, 15) is 32.3 Å². The Bertz CT molecular complexity index is 1800. The van der Waals surface area contributed by atoms with Crippen LogP contribution in [0.25, 0.3) is 0 Å². The molecular weight excluding hydrogens is 742 g/mol. The van der Waals surface area contributed by atoms with Crippen molar-refractivity contribution in [1.82, 2.24) is 15.5 Å². The molecule has 6 atom stereocenters. The van der Waals surface area contributed by atoms with Gasteiger partial charge in [-0.3, -0.25) is 19.2 Å². The highest BCUT2D eigenvalue weighted by Crippen LogP contribution is 2.40. The first-order chi connectivity index (χ1) is 27.0. The van der Waals surface area contributed by atoms with Crippen molar-refractivity contribution in [2.45, 2.75) is 87.8 Å². The minimum Gasteiger partial charge on any atom is -0.495 e. The second-order valence-corrected chi connectivity index (χ2v) is 16.3. The van der Waals surface area contributed by atoms with Gasteiger partial charge in [0.2, 0.25) is 23.6 Å². The summed E-state index contributed by atoms with van der Waals surface area (Å²) in [4.78, 5) is 59.2. The SMILES string of the molecule is COc1ccccc1N1CCCC[C@H](NC(=O)[C@H](CC[C@H](Cc2ccccc2)C(=O)N[C@H]2CCS[C@H]3CC[C@H](C(F)(F)F)CN3C2=O)Cc2ccccc2)C1=O. The number of methoxy groups -OCH3 is 1. The molecule has 3 saturated heterocycles. The van der Waals surface area contributed by atoms with Gasteiger partial charge in [-0.25, -0.2) is 0 Å². The molecule has 56 heavy (non-hydrogen) atoms. The predicted octanol–water partition coefficient (Wildman–Crippen LogP) is 6.94. The molecule has 3 fully saturated rings. The average Bonchev–Trinajstić information content (AvgIpc) is 3.48. The number of fused-ring (bicyclic) bond motifs is 1. The first-order valence-electron chi connectivity index (χ1n) is 19.6. The number of thioether (sulfide) groups is 1. The van der Waals surface area contributed by atoms with Gasteiger partial charge >= 0.3 is 6.18 Å². The van der Waals surface area contributed by atoms with Gasteiger partial charge in [-0.05, 0) is 93.2 Å². The third-order valence-corrected chi connectivity index (χ3v) is 12.6. The number of carbonyl (C=O) groups excluding carboxylic acids is 4. The molecule has 0 radical (unpaired) electrons. The van der Waals surface area contributed by atoms with Crippen LogP contribution in [-0.2, 0) is 32.0 Å². The van der Waals surface area contributed by atoms with Gasteiger partial charge in [0.15, 0.2) is 0 Å². The number of amides is 4.